The maximum Gasteiger partial charge on any atom is 0.241 e. The van der Waals surface area contributed by atoms with Gasteiger partial charge in [0, 0.05) is 16.5 Å². The number of carbonyl (C=O) groups is 1. The van der Waals surface area contributed by atoms with Crippen LogP contribution in [0.4, 0.5) is 5.82 Å². The van der Waals surface area contributed by atoms with Gasteiger partial charge in [0.25, 0.3) is 0 Å². The molecule has 160 valence electrons. The normalized spacial score (nSPS) is 24.3. The van der Waals surface area contributed by atoms with Crippen LogP contribution in [0, 0.1) is 12.3 Å². The van der Waals surface area contributed by atoms with Crippen molar-refractivity contribution in [2.75, 3.05) is 5.73 Å². The third-order valence-corrected chi connectivity index (χ3v) is 7.92. The number of nitrogens with one attached hydrogen (secondary N) is 1. The Balaban J connectivity index is 1.47. The minimum atomic E-state index is -3.76. The topological polar surface area (TPSA) is 146 Å². The zero-order valence-corrected chi connectivity index (χ0v) is 17.8. The molecule has 2 aromatic heterocycles. The lowest BCUT2D eigenvalue weighted by Gasteiger charge is -2.69. The average Bonchev–Trinajstić information content (AvgIpc) is 3.18. The Morgan fingerprint density at radius 3 is 2.65 bits per heavy atom. The van der Waals surface area contributed by atoms with Crippen LogP contribution in [0.15, 0.2) is 41.9 Å². The second kappa shape index (κ2) is 6.41. The molecule has 3 fully saturated rings. The Morgan fingerprint density at radius 1 is 1.26 bits per heavy atom. The molecule has 11 heteroatoms. The van der Waals surface area contributed by atoms with Crippen molar-refractivity contribution in [3.8, 4) is 17.1 Å². The van der Waals surface area contributed by atoms with E-state index in [1.807, 2.05) is 6.92 Å². The lowest BCUT2D eigenvalue weighted by Crippen LogP contribution is -2.76. The number of nitrogen functional groups attached to an aromatic ring is 1. The predicted octanol–water partition coefficient (Wildman–Crippen LogP) is 1.40. The first-order chi connectivity index (χ1) is 14.6. The number of aromatic nitrogens is 5. The molecule has 31 heavy (non-hydrogen) atoms. The van der Waals surface area contributed by atoms with E-state index < -0.39 is 15.6 Å². The van der Waals surface area contributed by atoms with Crippen molar-refractivity contribution in [3.05, 3.63) is 42.6 Å². The fourth-order valence-electron chi connectivity index (χ4n) is 4.66. The van der Waals surface area contributed by atoms with Crippen LogP contribution in [-0.4, -0.2) is 44.5 Å². The Bertz CT molecular complexity index is 1300. The number of Topliss-reactive ketones (excluding diaryl/α,β-unsaturated/α-hetero) is 1. The number of ketones is 1. The van der Waals surface area contributed by atoms with Gasteiger partial charge in [0.15, 0.2) is 11.6 Å². The SMILES string of the molecule is CC(=O)C12CC(NS(=O)(=O)c3ccc(C)c(-c4cnc(N)c(-n5cncn5)n4)c3)(C1)C2. The second-order valence-electron chi connectivity index (χ2n) is 8.53. The van der Waals surface area contributed by atoms with E-state index in [9.17, 15) is 13.2 Å². The number of sulfonamides is 1. The molecule has 2 bridgehead atoms. The summed E-state index contributed by atoms with van der Waals surface area (Å²) in [6, 6.07) is 4.88. The minimum Gasteiger partial charge on any atom is -0.381 e. The summed E-state index contributed by atoms with van der Waals surface area (Å²) >= 11 is 0. The summed E-state index contributed by atoms with van der Waals surface area (Å²) in [5.74, 6) is 0.626. The highest BCUT2D eigenvalue weighted by atomic mass is 32.2. The molecule has 3 saturated carbocycles. The number of rotatable bonds is 6. The Labute approximate surface area is 179 Å². The van der Waals surface area contributed by atoms with Crippen LogP contribution in [0.5, 0.6) is 0 Å². The number of hydrogen-bond donors (Lipinski definition) is 2. The number of hydrogen-bond acceptors (Lipinski definition) is 8. The number of nitrogens with zero attached hydrogens (tertiary/aromatic N) is 5. The van der Waals surface area contributed by atoms with Crippen molar-refractivity contribution >= 4 is 21.6 Å². The third kappa shape index (κ3) is 3.03. The Kier molecular flexibility index (Phi) is 4.09. The van der Waals surface area contributed by atoms with Gasteiger partial charge >= 0.3 is 0 Å². The summed E-state index contributed by atoms with van der Waals surface area (Å²) in [5, 5.41) is 4.03. The molecule has 0 atom stereocenters. The second-order valence-corrected chi connectivity index (χ2v) is 10.2. The number of anilines is 1. The van der Waals surface area contributed by atoms with Crippen LogP contribution in [0.3, 0.4) is 0 Å². The number of benzene rings is 1. The molecule has 3 aromatic rings. The average molecular weight is 440 g/mol. The van der Waals surface area contributed by atoms with Gasteiger partial charge in [-0.15, -0.1) is 0 Å². The molecule has 6 rings (SSSR count). The summed E-state index contributed by atoms with van der Waals surface area (Å²) in [4.78, 5) is 24.5. The van der Waals surface area contributed by atoms with E-state index in [1.54, 1.807) is 25.1 Å². The van der Waals surface area contributed by atoms with E-state index in [0.29, 0.717) is 36.3 Å². The minimum absolute atomic E-state index is 0.135. The van der Waals surface area contributed by atoms with Crippen molar-refractivity contribution in [2.45, 2.75) is 43.5 Å². The van der Waals surface area contributed by atoms with Crippen molar-refractivity contribution in [3.63, 3.8) is 0 Å². The molecule has 0 saturated heterocycles. The zero-order chi connectivity index (χ0) is 22.0. The van der Waals surface area contributed by atoms with E-state index >= 15 is 0 Å². The molecular formula is C20H21N7O3S. The van der Waals surface area contributed by atoms with Gasteiger partial charge in [0.05, 0.1) is 16.8 Å². The van der Waals surface area contributed by atoms with Crippen LogP contribution in [-0.2, 0) is 14.8 Å². The summed E-state index contributed by atoms with van der Waals surface area (Å²) in [6.45, 7) is 3.44. The predicted molar refractivity (Wildman–Crippen MR) is 112 cm³/mol. The molecule has 1 aromatic carbocycles. The highest BCUT2D eigenvalue weighted by Gasteiger charge is 2.71. The van der Waals surface area contributed by atoms with Gasteiger partial charge < -0.3 is 5.73 Å². The number of nitrogens with two attached hydrogens (primary N) is 1. The van der Waals surface area contributed by atoms with Crippen LogP contribution < -0.4 is 10.5 Å². The van der Waals surface area contributed by atoms with E-state index in [4.69, 9.17) is 5.73 Å². The molecule has 3 N–H and O–H groups in total. The highest BCUT2D eigenvalue weighted by Crippen LogP contribution is 2.67. The van der Waals surface area contributed by atoms with E-state index in [0.717, 1.165) is 5.56 Å². The fourth-order valence-corrected chi connectivity index (χ4v) is 6.09. The molecule has 3 aliphatic carbocycles. The Hall–Kier alpha value is -3.18. The van der Waals surface area contributed by atoms with Gasteiger partial charge in [-0.2, -0.15) is 9.78 Å². The van der Waals surface area contributed by atoms with Crippen molar-refractivity contribution in [2.24, 2.45) is 5.41 Å². The molecule has 3 aliphatic rings. The number of carbonyl (C=O) groups excluding carboxylic acids is 1. The van der Waals surface area contributed by atoms with Gasteiger partial charge in [-0.25, -0.2) is 28.1 Å². The lowest BCUT2D eigenvalue weighted by molar-refractivity contribution is -0.171. The van der Waals surface area contributed by atoms with Gasteiger partial charge in [-0.1, -0.05) is 6.07 Å². The van der Waals surface area contributed by atoms with E-state index in [2.05, 4.69) is 24.8 Å². The standard InChI is InChI=1S/C20H21N7O3S/c1-12-3-4-14(31(29,30)26-20-7-19(8-20,9-20)13(2)28)5-15(12)16-6-23-17(21)18(25-16)27-11-22-10-24-27/h3-6,10-11,26H,7-9H2,1-2H3,(H2,21,23). The maximum absolute atomic E-state index is 13.1. The van der Waals surface area contributed by atoms with E-state index in [-0.39, 0.29) is 21.9 Å². The van der Waals surface area contributed by atoms with Crippen molar-refractivity contribution in [1.82, 2.24) is 29.5 Å². The third-order valence-electron chi connectivity index (χ3n) is 6.34. The molecule has 0 unspecified atom stereocenters. The first-order valence-corrected chi connectivity index (χ1v) is 11.3. The first kappa shape index (κ1) is 19.8. The summed E-state index contributed by atoms with van der Waals surface area (Å²) in [6.07, 6.45) is 6.02. The first-order valence-electron chi connectivity index (χ1n) is 9.77. The molecule has 2 heterocycles. The summed E-state index contributed by atoms with van der Waals surface area (Å²) in [7, 11) is -3.76. The number of aryl methyl sites for hydroxylation is 1. The molecule has 0 amide bonds. The Morgan fingerprint density at radius 2 is 2.00 bits per heavy atom. The monoisotopic (exact) mass is 439 g/mol. The molecule has 0 aliphatic heterocycles. The molecule has 0 spiro atoms. The summed E-state index contributed by atoms with van der Waals surface area (Å²) < 4.78 is 30.3. The zero-order valence-electron chi connectivity index (χ0n) is 17.0. The quantitative estimate of drug-likeness (QED) is 0.586. The van der Waals surface area contributed by atoms with E-state index in [1.165, 1.54) is 23.5 Å². The smallest absolute Gasteiger partial charge is 0.241 e. The lowest BCUT2D eigenvalue weighted by atomic mass is 9.38. The molecular weight excluding hydrogens is 418 g/mol. The van der Waals surface area contributed by atoms with Crippen LogP contribution in [0.2, 0.25) is 0 Å². The fraction of sp³-hybridized carbons (Fsp3) is 0.350. The van der Waals surface area contributed by atoms with Crippen molar-refractivity contribution < 1.29 is 13.2 Å². The highest BCUT2D eigenvalue weighted by molar-refractivity contribution is 7.89. The largest absolute Gasteiger partial charge is 0.381 e. The maximum atomic E-state index is 13.1. The molecule has 10 nitrogen and oxygen atoms in total. The summed E-state index contributed by atoms with van der Waals surface area (Å²) in [5.41, 5.74) is 7.03. The van der Waals surface area contributed by atoms with Crippen molar-refractivity contribution in [1.29, 1.82) is 0 Å². The van der Waals surface area contributed by atoms with Gasteiger partial charge in [-0.3, -0.25) is 4.79 Å². The van der Waals surface area contributed by atoms with Crippen LogP contribution in [0.25, 0.3) is 17.1 Å². The van der Waals surface area contributed by atoms with Gasteiger partial charge in [-0.05, 0) is 50.8 Å². The van der Waals surface area contributed by atoms with Crippen LogP contribution >= 0.6 is 0 Å². The van der Waals surface area contributed by atoms with Gasteiger partial charge in [0.1, 0.15) is 18.4 Å². The van der Waals surface area contributed by atoms with Crippen LogP contribution in [0.1, 0.15) is 31.7 Å². The van der Waals surface area contributed by atoms with Gasteiger partial charge in [0.2, 0.25) is 10.0 Å². The molecule has 0 radical (unpaired) electrons.